The van der Waals surface area contributed by atoms with Gasteiger partial charge in [0.2, 0.25) is 0 Å². The number of hydrazone groups is 1. The Morgan fingerprint density at radius 2 is 1.94 bits per heavy atom. The molecule has 0 radical (unpaired) electrons. The fraction of sp³-hybridized carbons (Fsp3) is 0.333. The van der Waals surface area contributed by atoms with Crippen LogP contribution in [0, 0.1) is 0 Å². The van der Waals surface area contributed by atoms with Gasteiger partial charge in [0.15, 0.2) is 0 Å². The predicted molar refractivity (Wildman–Crippen MR) is 68.5 cm³/mol. The van der Waals surface area contributed by atoms with E-state index in [0.717, 1.165) is 5.56 Å². The molecule has 0 bridgehead atoms. The van der Waals surface area contributed by atoms with E-state index in [1.54, 1.807) is 6.21 Å². The summed E-state index contributed by atoms with van der Waals surface area (Å²) in [7, 11) is 0. The number of aliphatic imine (C=N–C) groups is 1. The SMILES string of the molecule is CC(C)(N)/C(C=NCc1ccccc1)=N/N. The van der Waals surface area contributed by atoms with Gasteiger partial charge in [-0.3, -0.25) is 4.99 Å². The topological polar surface area (TPSA) is 76.8 Å². The third-order valence-electron chi connectivity index (χ3n) is 2.13. The van der Waals surface area contributed by atoms with E-state index in [9.17, 15) is 0 Å². The highest BCUT2D eigenvalue weighted by Gasteiger charge is 2.17. The normalized spacial score (nSPS) is 13.3. The molecule has 1 rings (SSSR count). The summed E-state index contributed by atoms with van der Waals surface area (Å²) in [5, 5.41) is 3.63. The van der Waals surface area contributed by atoms with Crippen LogP contribution >= 0.6 is 0 Å². The quantitative estimate of drug-likeness (QED) is 0.454. The number of hydrogen-bond donors (Lipinski definition) is 2. The lowest BCUT2D eigenvalue weighted by molar-refractivity contribution is 0.703. The van der Waals surface area contributed by atoms with Crippen molar-refractivity contribution in [1.29, 1.82) is 0 Å². The molecule has 0 aliphatic heterocycles. The second-order valence-corrected chi connectivity index (χ2v) is 4.19. The first-order chi connectivity index (χ1) is 7.54. The number of benzene rings is 1. The first-order valence-electron chi connectivity index (χ1n) is 5.15. The van der Waals surface area contributed by atoms with Gasteiger partial charge in [-0.05, 0) is 19.4 Å². The average molecular weight is 218 g/mol. The maximum absolute atomic E-state index is 5.87. The Morgan fingerprint density at radius 1 is 1.31 bits per heavy atom. The molecule has 4 heteroatoms. The molecule has 0 amide bonds. The minimum absolute atomic E-state index is 0.561. The van der Waals surface area contributed by atoms with Gasteiger partial charge in [-0.15, -0.1) is 0 Å². The van der Waals surface area contributed by atoms with Crippen LogP contribution < -0.4 is 11.6 Å². The van der Waals surface area contributed by atoms with E-state index < -0.39 is 5.54 Å². The average Bonchev–Trinajstić information content (AvgIpc) is 2.24. The van der Waals surface area contributed by atoms with Gasteiger partial charge in [-0.25, -0.2) is 0 Å². The third-order valence-corrected chi connectivity index (χ3v) is 2.13. The molecular formula is C12H18N4. The van der Waals surface area contributed by atoms with Crippen LogP contribution in [0.15, 0.2) is 40.4 Å². The molecule has 0 fully saturated rings. The van der Waals surface area contributed by atoms with E-state index in [0.29, 0.717) is 12.3 Å². The predicted octanol–water partition coefficient (Wildman–Crippen LogP) is 1.31. The maximum atomic E-state index is 5.87. The van der Waals surface area contributed by atoms with Gasteiger partial charge in [-0.1, -0.05) is 30.3 Å². The van der Waals surface area contributed by atoms with Crippen LogP contribution in [-0.2, 0) is 6.54 Å². The smallest absolute Gasteiger partial charge is 0.0971 e. The molecule has 0 saturated carbocycles. The van der Waals surface area contributed by atoms with Crippen molar-refractivity contribution in [3.8, 4) is 0 Å². The van der Waals surface area contributed by atoms with Crippen molar-refractivity contribution in [3.63, 3.8) is 0 Å². The number of hydrogen-bond acceptors (Lipinski definition) is 4. The molecule has 16 heavy (non-hydrogen) atoms. The molecule has 1 aromatic rings. The van der Waals surface area contributed by atoms with E-state index >= 15 is 0 Å². The van der Waals surface area contributed by atoms with Gasteiger partial charge >= 0.3 is 0 Å². The first kappa shape index (κ1) is 12.4. The number of rotatable bonds is 4. The molecule has 0 unspecified atom stereocenters. The van der Waals surface area contributed by atoms with Crippen molar-refractivity contribution in [2.45, 2.75) is 25.9 Å². The molecule has 1 aromatic carbocycles. The van der Waals surface area contributed by atoms with E-state index in [1.807, 2.05) is 44.2 Å². The molecule has 0 aliphatic rings. The number of nitrogens with two attached hydrogens (primary N) is 2. The highest BCUT2D eigenvalue weighted by molar-refractivity contribution is 6.34. The second kappa shape index (κ2) is 5.42. The van der Waals surface area contributed by atoms with E-state index in [1.165, 1.54) is 0 Å². The van der Waals surface area contributed by atoms with Crippen LogP contribution in [0.2, 0.25) is 0 Å². The minimum Gasteiger partial charge on any atom is -0.323 e. The van der Waals surface area contributed by atoms with E-state index in [-0.39, 0.29) is 0 Å². The molecular weight excluding hydrogens is 200 g/mol. The fourth-order valence-electron chi connectivity index (χ4n) is 1.19. The Morgan fingerprint density at radius 3 is 2.44 bits per heavy atom. The summed E-state index contributed by atoms with van der Waals surface area (Å²) in [5.74, 6) is 5.26. The second-order valence-electron chi connectivity index (χ2n) is 4.19. The maximum Gasteiger partial charge on any atom is 0.0971 e. The molecule has 0 aromatic heterocycles. The fourth-order valence-corrected chi connectivity index (χ4v) is 1.19. The van der Waals surface area contributed by atoms with Crippen LogP contribution in [-0.4, -0.2) is 17.5 Å². The number of nitrogens with zero attached hydrogens (tertiary/aromatic N) is 2. The zero-order chi connectivity index (χ0) is 12.0. The van der Waals surface area contributed by atoms with Crippen molar-refractivity contribution < 1.29 is 0 Å². The van der Waals surface area contributed by atoms with Crippen LogP contribution in [0.3, 0.4) is 0 Å². The summed E-state index contributed by atoms with van der Waals surface area (Å²) in [4.78, 5) is 4.26. The summed E-state index contributed by atoms with van der Waals surface area (Å²) in [6.07, 6.45) is 1.63. The van der Waals surface area contributed by atoms with Gasteiger partial charge in [0.05, 0.1) is 17.8 Å². The van der Waals surface area contributed by atoms with Gasteiger partial charge in [-0.2, -0.15) is 5.10 Å². The van der Waals surface area contributed by atoms with E-state index in [2.05, 4.69) is 10.1 Å². The van der Waals surface area contributed by atoms with Crippen molar-refractivity contribution in [2.24, 2.45) is 21.7 Å². The highest BCUT2D eigenvalue weighted by Crippen LogP contribution is 2.01. The van der Waals surface area contributed by atoms with Crippen LogP contribution in [0.1, 0.15) is 19.4 Å². The molecule has 86 valence electrons. The lowest BCUT2D eigenvalue weighted by Crippen LogP contribution is -2.43. The van der Waals surface area contributed by atoms with Crippen molar-refractivity contribution >= 4 is 11.9 Å². The largest absolute Gasteiger partial charge is 0.323 e. The molecule has 4 N–H and O–H groups in total. The monoisotopic (exact) mass is 218 g/mol. The standard InChI is InChI=1S/C12H18N4/c1-12(2,13)11(16-14)9-15-8-10-6-4-3-5-7-10/h3-7,9H,8,13-14H2,1-2H3/b15-9?,16-11+. The first-order valence-corrected chi connectivity index (χ1v) is 5.15. The van der Waals surface area contributed by atoms with Crippen molar-refractivity contribution in [3.05, 3.63) is 35.9 Å². The van der Waals surface area contributed by atoms with Gasteiger partial charge < -0.3 is 11.6 Å². The Labute approximate surface area is 96.1 Å². The molecule has 0 heterocycles. The third kappa shape index (κ3) is 3.82. The molecule has 4 nitrogen and oxygen atoms in total. The summed E-state index contributed by atoms with van der Waals surface area (Å²) in [6, 6.07) is 9.97. The van der Waals surface area contributed by atoms with Crippen LogP contribution in [0.4, 0.5) is 0 Å². The summed E-state index contributed by atoms with van der Waals surface area (Å²) in [5.41, 5.74) is 7.04. The lowest BCUT2D eigenvalue weighted by atomic mass is 10.0. The summed E-state index contributed by atoms with van der Waals surface area (Å²) < 4.78 is 0. The Hall–Kier alpha value is -1.68. The molecule has 0 aliphatic carbocycles. The molecule has 0 saturated heterocycles. The Bertz CT molecular complexity index is 374. The van der Waals surface area contributed by atoms with Crippen LogP contribution in [0.25, 0.3) is 0 Å². The van der Waals surface area contributed by atoms with E-state index in [4.69, 9.17) is 11.6 Å². The Balaban J connectivity index is 2.62. The zero-order valence-electron chi connectivity index (χ0n) is 9.72. The molecule has 0 spiro atoms. The van der Waals surface area contributed by atoms with Crippen LogP contribution in [0.5, 0.6) is 0 Å². The minimum atomic E-state index is -0.561. The highest BCUT2D eigenvalue weighted by atomic mass is 15.1. The summed E-state index contributed by atoms with van der Waals surface area (Å²) >= 11 is 0. The zero-order valence-corrected chi connectivity index (χ0v) is 9.72. The lowest BCUT2D eigenvalue weighted by Gasteiger charge is -2.16. The summed E-state index contributed by atoms with van der Waals surface area (Å²) in [6.45, 7) is 4.29. The Kier molecular flexibility index (Phi) is 4.19. The van der Waals surface area contributed by atoms with Gasteiger partial charge in [0, 0.05) is 6.21 Å². The van der Waals surface area contributed by atoms with Gasteiger partial charge in [0.1, 0.15) is 0 Å². The van der Waals surface area contributed by atoms with Crippen molar-refractivity contribution in [2.75, 3.05) is 0 Å². The molecule has 0 atom stereocenters. The van der Waals surface area contributed by atoms with Crippen molar-refractivity contribution in [1.82, 2.24) is 0 Å². The van der Waals surface area contributed by atoms with Gasteiger partial charge in [0.25, 0.3) is 0 Å².